The largest absolute Gasteiger partial charge is 0.511 e. The van der Waals surface area contributed by atoms with Crippen LogP contribution in [0.2, 0.25) is 0 Å². The van der Waals surface area contributed by atoms with E-state index in [1.54, 1.807) is 6.08 Å². The number of carbonyl (C=O) groups is 2. The van der Waals surface area contributed by atoms with E-state index in [1.165, 1.54) is 13.1 Å². The smallest absolute Gasteiger partial charge is 0.253 e. The number of amides is 1. The number of hydroxylamine groups is 2. The molecule has 9 nitrogen and oxygen atoms in total. The highest BCUT2D eigenvalue weighted by molar-refractivity contribution is 6.23. The third kappa shape index (κ3) is 2.96. The second-order valence-electron chi connectivity index (χ2n) is 8.61. The number of nitrogens with one attached hydrogen (secondary N) is 1. The van der Waals surface area contributed by atoms with Crippen molar-refractivity contribution in [3.8, 4) is 0 Å². The van der Waals surface area contributed by atoms with Gasteiger partial charge >= 0.3 is 0 Å². The number of aliphatic hydroxyl groups is 3. The second kappa shape index (κ2) is 7.10. The number of primary amides is 1. The van der Waals surface area contributed by atoms with E-state index in [1.807, 2.05) is 0 Å². The summed E-state index contributed by atoms with van der Waals surface area (Å²) in [6.07, 6.45) is 4.24. The third-order valence-corrected chi connectivity index (χ3v) is 6.78. The molecule has 4 rings (SSSR count). The minimum Gasteiger partial charge on any atom is -0.511 e. The zero-order valence-corrected chi connectivity index (χ0v) is 16.5. The normalized spacial score (nSPS) is 33.6. The summed E-state index contributed by atoms with van der Waals surface area (Å²) >= 11 is 0. The van der Waals surface area contributed by atoms with E-state index in [0.29, 0.717) is 12.8 Å². The molecular formula is C21H25N3O6. The molecule has 0 aliphatic heterocycles. The Morgan fingerprint density at radius 1 is 1.27 bits per heavy atom. The van der Waals surface area contributed by atoms with E-state index in [4.69, 9.17) is 11.1 Å². The number of Topliss-reactive ketones (excluding diaryl/α,β-unsaturated/α-hetero) is 1. The Balaban J connectivity index is 1.76. The van der Waals surface area contributed by atoms with Crippen LogP contribution in [-0.4, -0.2) is 56.6 Å². The summed E-state index contributed by atoms with van der Waals surface area (Å²) in [5.74, 6) is -4.14. The zero-order valence-electron chi connectivity index (χ0n) is 16.5. The predicted molar refractivity (Wildman–Crippen MR) is 106 cm³/mol. The topological polar surface area (TPSA) is 168 Å². The number of nitrogens with zero attached hydrogens (tertiary/aromatic N) is 1. The standard InChI is InChI=1S/C21H25N3O6/c1-24(30)7-8-2-3-12(25)16-11(8)5-9-4-10-6-13(26)17(21(23)29)18(22)14(10)19(27)15(9)20(16)28/h2-3,8-11,14,22,25-27,30H,4-7H2,1H3,(H2,23,29)/t8?,9?,10-,11?,14?/m0/s1. The maximum atomic E-state index is 13.3. The lowest BCUT2D eigenvalue weighted by Crippen LogP contribution is -2.45. The third-order valence-electron chi connectivity index (χ3n) is 6.78. The number of hydrogen-bond acceptors (Lipinski definition) is 8. The van der Waals surface area contributed by atoms with Crippen LogP contribution in [0.1, 0.15) is 19.3 Å². The number of carbonyl (C=O) groups excluding carboxylic acids is 2. The molecule has 0 aromatic heterocycles. The van der Waals surface area contributed by atoms with Crippen LogP contribution in [0.4, 0.5) is 0 Å². The number of aliphatic hydroxyl groups excluding tert-OH is 3. The molecule has 1 fully saturated rings. The first kappa shape index (κ1) is 20.4. The minimum absolute atomic E-state index is 0.0919. The maximum Gasteiger partial charge on any atom is 0.253 e. The summed E-state index contributed by atoms with van der Waals surface area (Å²) in [5, 5.41) is 50.7. The quantitative estimate of drug-likeness (QED) is 0.381. The number of hydrogen-bond donors (Lipinski definition) is 6. The van der Waals surface area contributed by atoms with Crippen molar-refractivity contribution in [2.45, 2.75) is 19.3 Å². The molecule has 0 spiro atoms. The highest BCUT2D eigenvalue weighted by Crippen LogP contribution is 2.52. The van der Waals surface area contributed by atoms with Crippen molar-refractivity contribution >= 4 is 17.4 Å². The van der Waals surface area contributed by atoms with Gasteiger partial charge in [0.1, 0.15) is 17.3 Å². The summed E-state index contributed by atoms with van der Waals surface area (Å²) in [5.41, 5.74) is 5.08. The number of fused-ring (bicyclic) bond motifs is 3. The monoisotopic (exact) mass is 415 g/mol. The van der Waals surface area contributed by atoms with Crippen molar-refractivity contribution in [2.24, 2.45) is 35.3 Å². The second-order valence-corrected chi connectivity index (χ2v) is 8.61. The first-order valence-electron chi connectivity index (χ1n) is 9.91. The van der Waals surface area contributed by atoms with Gasteiger partial charge in [-0.15, -0.1) is 0 Å². The molecule has 5 atom stereocenters. The Kier molecular flexibility index (Phi) is 4.82. The van der Waals surface area contributed by atoms with Gasteiger partial charge in [-0.05, 0) is 42.6 Å². The van der Waals surface area contributed by atoms with E-state index in [-0.39, 0.29) is 76.3 Å². The average Bonchev–Trinajstić information content (AvgIpc) is 2.62. The van der Waals surface area contributed by atoms with Crippen molar-refractivity contribution in [1.29, 1.82) is 5.41 Å². The van der Waals surface area contributed by atoms with Gasteiger partial charge in [0.2, 0.25) is 0 Å². The maximum absolute atomic E-state index is 13.3. The molecule has 4 aliphatic carbocycles. The minimum atomic E-state index is -0.945. The highest BCUT2D eigenvalue weighted by Gasteiger charge is 2.51. The Labute approximate surface area is 172 Å². The van der Waals surface area contributed by atoms with Crippen LogP contribution in [0.15, 0.2) is 46.1 Å². The van der Waals surface area contributed by atoms with Crippen LogP contribution in [-0.2, 0) is 9.59 Å². The lowest BCUT2D eigenvalue weighted by molar-refractivity contribution is -0.116. The van der Waals surface area contributed by atoms with Crippen molar-refractivity contribution in [1.82, 2.24) is 5.06 Å². The molecule has 160 valence electrons. The molecule has 0 radical (unpaired) electrons. The van der Waals surface area contributed by atoms with Crippen LogP contribution in [0.25, 0.3) is 0 Å². The van der Waals surface area contributed by atoms with E-state index in [2.05, 4.69) is 0 Å². The van der Waals surface area contributed by atoms with E-state index < -0.39 is 17.6 Å². The Morgan fingerprint density at radius 3 is 2.60 bits per heavy atom. The molecule has 1 amide bonds. The number of allylic oxidation sites excluding steroid dienone is 5. The summed E-state index contributed by atoms with van der Waals surface area (Å²) in [6.45, 7) is 0.283. The SMILES string of the molecule is CN(O)CC1C=CC(O)=C2C(=O)C3=C(O)C4C(=N)C(C(N)=O)=C(O)C[C@@H]4CC3CC21. The predicted octanol–water partition coefficient (Wildman–Crippen LogP) is 1.68. The van der Waals surface area contributed by atoms with Crippen LogP contribution >= 0.6 is 0 Å². The van der Waals surface area contributed by atoms with E-state index >= 15 is 0 Å². The van der Waals surface area contributed by atoms with E-state index in [0.717, 1.165) is 5.06 Å². The summed E-state index contributed by atoms with van der Waals surface area (Å²) < 4.78 is 0. The average molecular weight is 415 g/mol. The number of rotatable bonds is 3. The summed E-state index contributed by atoms with van der Waals surface area (Å²) in [4.78, 5) is 25.0. The molecular weight excluding hydrogens is 390 g/mol. The first-order valence-corrected chi connectivity index (χ1v) is 9.91. The molecule has 7 N–H and O–H groups in total. The van der Waals surface area contributed by atoms with Crippen LogP contribution in [0.5, 0.6) is 0 Å². The Morgan fingerprint density at radius 2 is 1.97 bits per heavy atom. The van der Waals surface area contributed by atoms with Gasteiger partial charge in [-0.25, -0.2) is 0 Å². The van der Waals surface area contributed by atoms with Gasteiger partial charge in [-0.3, -0.25) is 9.59 Å². The Bertz CT molecular complexity index is 973. The van der Waals surface area contributed by atoms with Crippen molar-refractivity contribution in [3.05, 3.63) is 46.1 Å². The van der Waals surface area contributed by atoms with Gasteiger partial charge in [-0.1, -0.05) is 6.08 Å². The lowest BCUT2D eigenvalue weighted by atomic mass is 9.58. The van der Waals surface area contributed by atoms with Crippen molar-refractivity contribution in [2.75, 3.05) is 13.6 Å². The molecule has 4 unspecified atom stereocenters. The van der Waals surface area contributed by atoms with E-state index in [9.17, 15) is 30.1 Å². The summed E-state index contributed by atoms with van der Waals surface area (Å²) in [6, 6.07) is 0. The van der Waals surface area contributed by atoms with Crippen LogP contribution < -0.4 is 5.73 Å². The molecule has 0 bridgehead atoms. The first-order chi connectivity index (χ1) is 14.1. The van der Waals surface area contributed by atoms with Gasteiger partial charge in [-0.2, -0.15) is 5.06 Å². The van der Waals surface area contributed by atoms with Crippen molar-refractivity contribution < 1.29 is 30.1 Å². The van der Waals surface area contributed by atoms with Crippen molar-refractivity contribution in [3.63, 3.8) is 0 Å². The van der Waals surface area contributed by atoms with Crippen LogP contribution in [0.3, 0.4) is 0 Å². The number of nitrogens with two attached hydrogens (primary N) is 1. The Hall–Kier alpha value is -2.91. The van der Waals surface area contributed by atoms with Gasteiger partial charge in [0.05, 0.1) is 17.2 Å². The van der Waals surface area contributed by atoms with Gasteiger partial charge in [0.15, 0.2) is 5.78 Å². The molecule has 4 aliphatic rings. The molecule has 9 heteroatoms. The molecule has 1 saturated carbocycles. The van der Waals surface area contributed by atoms with Gasteiger partial charge in [0, 0.05) is 31.2 Å². The van der Waals surface area contributed by atoms with Crippen LogP contribution in [0, 0.1) is 35.0 Å². The molecule has 0 aromatic rings. The molecule has 30 heavy (non-hydrogen) atoms. The van der Waals surface area contributed by atoms with Gasteiger partial charge in [0.25, 0.3) is 5.91 Å². The lowest BCUT2D eigenvalue weighted by Gasteiger charge is -2.45. The highest BCUT2D eigenvalue weighted by atomic mass is 16.5. The fourth-order valence-corrected chi connectivity index (χ4v) is 5.61. The molecule has 0 heterocycles. The molecule has 0 aromatic carbocycles. The number of ketones is 1. The fourth-order valence-electron chi connectivity index (χ4n) is 5.61. The summed E-state index contributed by atoms with van der Waals surface area (Å²) in [7, 11) is 1.51. The fraction of sp³-hybridized carbons (Fsp3) is 0.476. The molecule has 0 saturated heterocycles. The zero-order chi connectivity index (χ0) is 21.9. The van der Waals surface area contributed by atoms with Gasteiger partial charge < -0.3 is 31.7 Å².